The average molecular weight is 599 g/mol. The molecule has 9 heteroatoms. The number of benzene rings is 4. The van der Waals surface area contributed by atoms with Crippen LogP contribution in [0, 0.1) is 0 Å². The van der Waals surface area contributed by atoms with E-state index in [9.17, 15) is 13.2 Å². The molecule has 4 aromatic rings. The van der Waals surface area contributed by atoms with Crippen LogP contribution < -0.4 is 10.1 Å². The second-order valence-corrected chi connectivity index (χ2v) is 12.4. The number of nitrogens with one attached hydrogen (secondary N) is 1. The first kappa shape index (κ1) is 30.0. The van der Waals surface area contributed by atoms with E-state index in [1.165, 1.54) is 0 Å². The molecule has 0 saturated carbocycles. The highest BCUT2D eigenvalue weighted by Crippen LogP contribution is 2.43. The predicted octanol–water partition coefficient (Wildman–Crippen LogP) is 4.89. The third kappa shape index (κ3) is 7.13. The van der Waals surface area contributed by atoms with Gasteiger partial charge < -0.3 is 19.9 Å². The normalized spacial score (nSPS) is 18.0. The molecule has 1 amide bonds. The van der Waals surface area contributed by atoms with Crippen molar-refractivity contribution in [3.05, 3.63) is 132 Å². The van der Waals surface area contributed by atoms with Crippen LogP contribution in [-0.2, 0) is 25.9 Å². The Morgan fingerprint density at radius 2 is 1.51 bits per heavy atom. The number of sulfone groups is 1. The van der Waals surface area contributed by atoms with E-state index in [0.29, 0.717) is 29.9 Å². The molecule has 1 heterocycles. The highest BCUT2D eigenvalue weighted by Gasteiger charge is 2.53. The number of carbonyl (C=O) groups is 1. The first-order valence-electron chi connectivity index (χ1n) is 14.2. The number of hydrogen-bond acceptors (Lipinski definition) is 7. The summed E-state index contributed by atoms with van der Waals surface area (Å²) in [5.41, 5.74) is 0.666. The molecule has 0 spiro atoms. The lowest BCUT2D eigenvalue weighted by molar-refractivity contribution is -0.129. The summed E-state index contributed by atoms with van der Waals surface area (Å²) >= 11 is 0. The number of aliphatic hydroxyl groups excluding tert-OH is 1. The van der Waals surface area contributed by atoms with Gasteiger partial charge in [-0.1, -0.05) is 78.9 Å². The molecular formula is C34H34N2O6S. The Morgan fingerprint density at radius 3 is 2.16 bits per heavy atom. The summed E-state index contributed by atoms with van der Waals surface area (Å²) < 4.78 is 39.0. The molecule has 222 valence electrons. The maximum atomic E-state index is 14.2. The van der Waals surface area contributed by atoms with Crippen molar-refractivity contribution in [1.82, 2.24) is 5.32 Å². The zero-order valence-corrected chi connectivity index (χ0v) is 24.5. The van der Waals surface area contributed by atoms with Crippen LogP contribution in [0.3, 0.4) is 0 Å². The molecule has 5 rings (SSSR count). The molecule has 0 radical (unpaired) electrons. The van der Waals surface area contributed by atoms with Gasteiger partial charge in [0.25, 0.3) is 5.91 Å². The first-order chi connectivity index (χ1) is 20.9. The third-order valence-electron chi connectivity index (χ3n) is 7.28. The van der Waals surface area contributed by atoms with Gasteiger partial charge in [0, 0.05) is 31.6 Å². The molecule has 2 N–H and O–H groups in total. The highest BCUT2D eigenvalue weighted by atomic mass is 32.2. The molecule has 0 aliphatic carbocycles. The van der Waals surface area contributed by atoms with Crippen molar-refractivity contribution in [3.63, 3.8) is 0 Å². The fraction of sp³-hybridized carbons (Fsp3) is 0.235. The summed E-state index contributed by atoms with van der Waals surface area (Å²) in [6.45, 7) is 0.668. The van der Waals surface area contributed by atoms with Gasteiger partial charge in [-0.05, 0) is 47.5 Å². The Hall–Kier alpha value is -4.47. The van der Waals surface area contributed by atoms with E-state index in [1.54, 1.807) is 54.6 Å². The van der Waals surface area contributed by atoms with E-state index in [1.807, 2.05) is 60.7 Å². The fourth-order valence-corrected chi connectivity index (χ4v) is 6.35. The van der Waals surface area contributed by atoms with Crippen LogP contribution in [0.15, 0.2) is 125 Å². The molecule has 1 aliphatic heterocycles. The lowest BCUT2D eigenvalue weighted by Gasteiger charge is -2.30. The number of aliphatic hydroxyl groups is 1. The third-order valence-corrected chi connectivity index (χ3v) is 9.01. The zero-order valence-electron chi connectivity index (χ0n) is 23.6. The van der Waals surface area contributed by atoms with Crippen molar-refractivity contribution >= 4 is 21.6 Å². The molecule has 0 unspecified atom stereocenters. The van der Waals surface area contributed by atoms with Gasteiger partial charge >= 0.3 is 0 Å². The van der Waals surface area contributed by atoms with Crippen molar-refractivity contribution < 1.29 is 27.8 Å². The Labute approximate surface area is 251 Å². The molecule has 0 fully saturated rings. The van der Waals surface area contributed by atoms with E-state index in [-0.39, 0.29) is 36.1 Å². The van der Waals surface area contributed by atoms with Gasteiger partial charge in [-0.3, -0.25) is 4.79 Å². The van der Waals surface area contributed by atoms with Crippen molar-refractivity contribution in [3.8, 4) is 5.75 Å². The van der Waals surface area contributed by atoms with Crippen molar-refractivity contribution in [2.45, 2.75) is 35.9 Å². The molecular weight excluding hydrogens is 564 g/mol. The van der Waals surface area contributed by atoms with E-state index in [0.717, 1.165) is 5.56 Å². The van der Waals surface area contributed by atoms with Crippen LogP contribution in [-0.4, -0.2) is 49.8 Å². The lowest BCUT2D eigenvalue weighted by Crippen LogP contribution is -2.49. The lowest BCUT2D eigenvalue weighted by atomic mass is 9.85. The minimum atomic E-state index is -3.73. The van der Waals surface area contributed by atoms with E-state index >= 15 is 0 Å². The number of rotatable bonds is 13. The maximum Gasteiger partial charge on any atom is 0.252 e. The largest absolute Gasteiger partial charge is 0.494 e. The molecule has 8 nitrogen and oxygen atoms in total. The molecule has 1 aliphatic rings. The minimum Gasteiger partial charge on any atom is -0.494 e. The molecule has 43 heavy (non-hydrogen) atoms. The number of nitrogens with zero attached hydrogens (tertiary/aromatic N) is 1. The van der Waals surface area contributed by atoms with Gasteiger partial charge in [0.05, 0.1) is 17.3 Å². The van der Waals surface area contributed by atoms with Gasteiger partial charge in [-0.2, -0.15) is 0 Å². The Bertz CT molecular complexity index is 1630. The molecule has 0 bridgehead atoms. The van der Waals surface area contributed by atoms with Crippen LogP contribution in [0.5, 0.6) is 5.75 Å². The van der Waals surface area contributed by atoms with Gasteiger partial charge in [0.1, 0.15) is 5.75 Å². The topological polar surface area (TPSA) is 114 Å². The summed E-state index contributed by atoms with van der Waals surface area (Å²) in [5, 5.41) is 12.0. The zero-order chi connectivity index (χ0) is 30.1. The quantitative estimate of drug-likeness (QED) is 0.212. The van der Waals surface area contributed by atoms with Gasteiger partial charge in [-0.25, -0.2) is 13.4 Å². The standard InChI is InChI=1S/C34H34N2O6S/c37-22-10-23-41-29-19-17-28(18-20-29)32-36-34(31(42-32)27-13-6-2-7-14-27,33(38)35-25-26-11-4-1-5-12-26)21-24-43(39,40)30-15-8-3-9-16-30/h1-9,11-20,31,37H,10,21-25H2,(H,35,38)/t31-,34-/m1/s1. The summed E-state index contributed by atoms with van der Waals surface area (Å²) in [6.07, 6.45) is -0.454. The maximum absolute atomic E-state index is 14.2. The second kappa shape index (κ2) is 13.7. The molecule has 2 atom stereocenters. The summed E-state index contributed by atoms with van der Waals surface area (Å²) in [4.78, 5) is 19.3. The monoisotopic (exact) mass is 598 g/mol. The predicted molar refractivity (Wildman–Crippen MR) is 165 cm³/mol. The Kier molecular flexibility index (Phi) is 9.54. The van der Waals surface area contributed by atoms with Gasteiger partial charge in [0.2, 0.25) is 5.90 Å². The smallest absolute Gasteiger partial charge is 0.252 e. The van der Waals surface area contributed by atoms with E-state index < -0.39 is 27.4 Å². The number of carbonyl (C=O) groups excluding carboxylic acids is 1. The minimum absolute atomic E-state index is 0.0397. The fourth-order valence-electron chi connectivity index (χ4n) is 4.97. The first-order valence-corrected chi connectivity index (χ1v) is 15.8. The van der Waals surface area contributed by atoms with Crippen molar-refractivity contribution in [2.75, 3.05) is 19.0 Å². The number of amides is 1. The van der Waals surface area contributed by atoms with Gasteiger partial charge in [0.15, 0.2) is 21.5 Å². The molecule has 0 saturated heterocycles. The SMILES string of the molecule is O=C(NCc1ccccc1)[C@]1(CCS(=O)(=O)c2ccccc2)N=C(c2ccc(OCCCO)cc2)O[C@@H]1c1ccccc1. The number of ether oxygens (including phenoxy) is 2. The van der Waals surface area contributed by atoms with E-state index in [4.69, 9.17) is 19.6 Å². The van der Waals surface area contributed by atoms with Crippen molar-refractivity contribution in [1.29, 1.82) is 0 Å². The number of hydrogen-bond donors (Lipinski definition) is 2. The van der Waals surface area contributed by atoms with Crippen LogP contribution in [0.4, 0.5) is 0 Å². The van der Waals surface area contributed by atoms with E-state index in [2.05, 4.69) is 5.32 Å². The van der Waals surface area contributed by atoms with Crippen molar-refractivity contribution in [2.24, 2.45) is 4.99 Å². The van der Waals surface area contributed by atoms with Crippen LogP contribution >= 0.6 is 0 Å². The molecule has 0 aromatic heterocycles. The van der Waals surface area contributed by atoms with Crippen LogP contribution in [0.1, 0.15) is 35.6 Å². The van der Waals surface area contributed by atoms with Gasteiger partial charge in [-0.15, -0.1) is 0 Å². The average Bonchev–Trinajstić information content (AvgIpc) is 3.45. The summed E-state index contributed by atoms with van der Waals surface area (Å²) in [6, 6.07) is 34.1. The Morgan fingerprint density at radius 1 is 0.884 bits per heavy atom. The highest BCUT2D eigenvalue weighted by molar-refractivity contribution is 7.91. The Balaban J connectivity index is 1.52. The number of aliphatic imine (C=N–C) groups is 1. The molecule has 4 aromatic carbocycles. The summed E-state index contributed by atoms with van der Waals surface area (Å²) in [7, 11) is -3.73. The second-order valence-electron chi connectivity index (χ2n) is 10.2. The van der Waals surface area contributed by atoms with Crippen LogP contribution in [0.2, 0.25) is 0 Å². The van der Waals surface area contributed by atoms with Crippen LogP contribution in [0.25, 0.3) is 0 Å². The summed E-state index contributed by atoms with van der Waals surface area (Å²) in [5.74, 6) is 0.128.